The fourth-order valence-corrected chi connectivity index (χ4v) is 0.997. The second-order valence-electron chi connectivity index (χ2n) is 2.14. The standard InChI is InChI=1S/C6H5IN2O3/c1-4-2-6(12-7)8-3-5(4)9(10)11/h2-3H,1H3. The van der Waals surface area contributed by atoms with E-state index in [4.69, 9.17) is 3.07 Å². The van der Waals surface area contributed by atoms with Gasteiger partial charge in [0, 0.05) is 11.6 Å². The van der Waals surface area contributed by atoms with E-state index in [1.807, 2.05) is 0 Å². The number of aryl methyl sites for hydroxylation is 1. The molecular weight excluding hydrogens is 275 g/mol. The smallest absolute Gasteiger partial charge is 0.290 e. The number of nitrogens with zero attached hydrogens (tertiary/aromatic N) is 2. The molecule has 0 atom stereocenters. The summed E-state index contributed by atoms with van der Waals surface area (Å²) in [5, 5.41) is 10.3. The van der Waals surface area contributed by atoms with Crippen LogP contribution in [0.4, 0.5) is 5.69 Å². The number of hydrogen-bond acceptors (Lipinski definition) is 4. The fourth-order valence-electron chi connectivity index (χ4n) is 0.756. The van der Waals surface area contributed by atoms with Crippen LogP contribution in [-0.4, -0.2) is 9.91 Å². The Bertz CT molecular complexity index is 316. The molecule has 64 valence electrons. The lowest BCUT2D eigenvalue weighted by molar-refractivity contribution is -0.385. The Kier molecular flexibility index (Phi) is 2.79. The number of hydrogen-bond donors (Lipinski definition) is 0. The molecule has 0 saturated heterocycles. The van der Waals surface area contributed by atoms with Crippen LogP contribution >= 0.6 is 23.0 Å². The van der Waals surface area contributed by atoms with Gasteiger partial charge in [0.15, 0.2) is 23.0 Å². The fraction of sp³-hybridized carbons (Fsp3) is 0.167. The molecule has 0 N–H and O–H groups in total. The van der Waals surface area contributed by atoms with Crippen molar-refractivity contribution in [2.75, 3.05) is 0 Å². The highest BCUT2D eigenvalue weighted by molar-refractivity contribution is 14.1. The zero-order chi connectivity index (χ0) is 9.14. The first-order chi connectivity index (χ1) is 5.65. The van der Waals surface area contributed by atoms with E-state index in [1.54, 1.807) is 29.9 Å². The summed E-state index contributed by atoms with van der Waals surface area (Å²) in [6.07, 6.45) is 1.18. The monoisotopic (exact) mass is 280 g/mol. The largest absolute Gasteiger partial charge is 0.408 e. The van der Waals surface area contributed by atoms with Crippen molar-refractivity contribution < 1.29 is 7.99 Å². The zero-order valence-corrected chi connectivity index (χ0v) is 8.31. The van der Waals surface area contributed by atoms with Crippen LogP contribution in [0.2, 0.25) is 0 Å². The third kappa shape index (κ3) is 1.81. The number of nitro groups is 1. The van der Waals surface area contributed by atoms with E-state index in [0.717, 1.165) is 0 Å². The van der Waals surface area contributed by atoms with Gasteiger partial charge in [-0.15, -0.1) is 0 Å². The molecule has 0 saturated carbocycles. The van der Waals surface area contributed by atoms with Crippen LogP contribution < -0.4 is 3.07 Å². The van der Waals surface area contributed by atoms with E-state index in [9.17, 15) is 10.1 Å². The van der Waals surface area contributed by atoms with E-state index in [-0.39, 0.29) is 5.69 Å². The number of pyridine rings is 1. The van der Waals surface area contributed by atoms with Gasteiger partial charge in [-0.3, -0.25) is 10.1 Å². The highest BCUT2D eigenvalue weighted by Gasteiger charge is 2.11. The zero-order valence-electron chi connectivity index (χ0n) is 6.15. The molecule has 0 amide bonds. The summed E-state index contributed by atoms with van der Waals surface area (Å²) >= 11 is 1.67. The second kappa shape index (κ2) is 3.65. The molecule has 0 aliphatic rings. The van der Waals surface area contributed by atoms with Gasteiger partial charge in [-0.2, -0.15) is 0 Å². The average molecular weight is 280 g/mol. The van der Waals surface area contributed by atoms with Gasteiger partial charge in [0.2, 0.25) is 5.88 Å². The van der Waals surface area contributed by atoms with Gasteiger partial charge in [0.05, 0.1) is 4.92 Å². The van der Waals surface area contributed by atoms with Crippen molar-refractivity contribution >= 4 is 28.7 Å². The third-order valence-corrected chi connectivity index (χ3v) is 1.79. The van der Waals surface area contributed by atoms with Gasteiger partial charge in [0.1, 0.15) is 6.20 Å². The molecule has 0 bridgehead atoms. The molecule has 1 heterocycles. The third-order valence-electron chi connectivity index (χ3n) is 1.33. The molecule has 0 aliphatic carbocycles. The van der Waals surface area contributed by atoms with Crippen molar-refractivity contribution in [3.63, 3.8) is 0 Å². The Hall–Kier alpha value is -0.920. The van der Waals surface area contributed by atoms with Crippen molar-refractivity contribution in [1.82, 2.24) is 4.98 Å². The topological polar surface area (TPSA) is 65.3 Å². The average Bonchev–Trinajstić information content (AvgIpc) is 2.03. The summed E-state index contributed by atoms with van der Waals surface area (Å²) in [5.74, 6) is 0.374. The minimum Gasteiger partial charge on any atom is -0.408 e. The van der Waals surface area contributed by atoms with Crippen LogP contribution in [0.1, 0.15) is 5.56 Å². The molecule has 1 aromatic rings. The molecule has 0 unspecified atom stereocenters. The highest BCUT2D eigenvalue weighted by Crippen LogP contribution is 2.20. The van der Waals surface area contributed by atoms with E-state index in [0.29, 0.717) is 11.4 Å². The van der Waals surface area contributed by atoms with Crippen LogP contribution in [-0.2, 0) is 0 Å². The molecular formula is C6H5IN2O3. The molecule has 0 spiro atoms. The van der Waals surface area contributed by atoms with Crippen molar-refractivity contribution in [2.24, 2.45) is 0 Å². The van der Waals surface area contributed by atoms with Gasteiger partial charge in [-0.05, 0) is 6.92 Å². The maximum atomic E-state index is 10.3. The molecule has 0 fully saturated rings. The lowest BCUT2D eigenvalue weighted by Gasteiger charge is -1.97. The Morgan fingerprint density at radius 2 is 2.42 bits per heavy atom. The molecule has 1 aromatic heterocycles. The predicted octanol–water partition coefficient (Wildman–Crippen LogP) is 2.03. The number of aromatic nitrogens is 1. The van der Waals surface area contributed by atoms with E-state index in [2.05, 4.69) is 4.98 Å². The molecule has 0 aromatic carbocycles. The van der Waals surface area contributed by atoms with Crippen LogP contribution in [0.15, 0.2) is 12.3 Å². The first-order valence-electron chi connectivity index (χ1n) is 3.05. The van der Waals surface area contributed by atoms with Crippen LogP contribution in [0.5, 0.6) is 5.88 Å². The van der Waals surface area contributed by atoms with Crippen LogP contribution in [0.25, 0.3) is 0 Å². The lowest BCUT2D eigenvalue weighted by atomic mass is 10.2. The quantitative estimate of drug-likeness (QED) is 0.472. The Labute approximate surface area is 82.6 Å². The maximum Gasteiger partial charge on any atom is 0.290 e. The van der Waals surface area contributed by atoms with Crippen LogP contribution in [0, 0.1) is 17.0 Å². The molecule has 5 nitrogen and oxygen atoms in total. The minimum absolute atomic E-state index is 0.00667. The molecule has 6 heteroatoms. The van der Waals surface area contributed by atoms with Gasteiger partial charge >= 0.3 is 0 Å². The Morgan fingerprint density at radius 3 is 2.83 bits per heavy atom. The summed E-state index contributed by atoms with van der Waals surface area (Å²) in [5.41, 5.74) is 0.550. The van der Waals surface area contributed by atoms with E-state index < -0.39 is 4.92 Å². The van der Waals surface area contributed by atoms with E-state index in [1.165, 1.54) is 12.3 Å². The summed E-state index contributed by atoms with van der Waals surface area (Å²) in [6.45, 7) is 1.64. The van der Waals surface area contributed by atoms with Crippen molar-refractivity contribution in [1.29, 1.82) is 0 Å². The normalized spacial score (nSPS) is 9.50. The maximum absolute atomic E-state index is 10.3. The van der Waals surface area contributed by atoms with Crippen LogP contribution in [0.3, 0.4) is 0 Å². The SMILES string of the molecule is Cc1cc(OI)ncc1[N+](=O)[O-]. The number of rotatable bonds is 2. The second-order valence-corrected chi connectivity index (χ2v) is 2.58. The van der Waals surface area contributed by atoms with Gasteiger partial charge in [-0.25, -0.2) is 4.98 Å². The first-order valence-corrected chi connectivity index (χ1v) is 3.93. The van der Waals surface area contributed by atoms with Gasteiger partial charge in [0.25, 0.3) is 5.69 Å². The van der Waals surface area contributed by atoms with Crippen molar-refractivity contribution in [2.45, 2.75) is 6.92 Å². The minimum atomic E-state index is -0.473. The highest BCUT2D eigenvalue weighted by atomic mass is 127. The van der Waals surface area contributed by atoms with E-state index >= 15 is 0 Å². The molecule has 0 aliphatic heterocycles. The summed E-state index contributed by atoms with van der Waals surface area (Å²) in [4.78, 5) is 13.6. The summed E-state index contributed by atoms with van der Waals surface area (Å²) < 4.78 is 4.77. The Morgan fingerprint density at radius 1 is 1.75 bits per heavy atom. The predicted molar refractivity (Wildman–Crippen MR) is 50.3 cm³/mol. The molecule has 12 heavy (non-hydrogen) atoms. The van der Waals surface area contributed by atoms with Gasteiger partial charge in [-0.1, -0.05) is 0 Å². The lowest BCUT2D eigenvalue weighted by Crippen LogP contribution is -1.93. The summed E-state index contributed by atoms with van der Waals surface area (Å²) in [6, 6.07) is 1.52. The number of halogens is 1. The van der Waals surface area contributed by atoms with Crippen molar-refractivity contribution in [3.05, 3.63) is 27.9 Å². The van der Waals surface area contributed by atoms with Gasteiger partial charge < -0.3 is 3.07 Å². The molecule has 1 rings (SSSR count). The first kappa shape index (κ1) is 9.17. The van der Waals surface area contributed by atoms with Crippen molar-refractivity contribution in [3.8, 4) is 5.88 Å². The summed E-state index contributed by atoms with van der Waals surface area (Å²) in [7, 11) is 0. The molecule has 0 radical (unpaired) electrons. The Balaban J connectivity index is 3.12.